The quantitative estimate of drug-likeness (QED) is 0.856. The molecule has 0 atom stereocenters. The van der Waals surface area contributed by atoms with Gasteiger partial charge in [-0.15, -0.1) is 0 Å². The molecule has 0 saturated heterocycles. The Hall–Kier alpha value is -1.85. The topological polar surface area (TPSA) is 55.8 Å². The first-order valence-corrected chi connectivity index (χ1v) is 4.31. The van der Waals surface area contributed by atoms with E-state index in [1.54, 1.807) is 0 Å². The molecule has 1 N–H and O–H groups in total. The molecule has 1 rings (SSSR count). The van der Waals surface area contributed by atoms with Gasteiger partial charge in [-0.25, -0.2) is 8.78 Å². The van der Waals surface area contributed by atoms with Crippen LogP contribution >= 0.6 is 0 Å². The Kier molecular flexibility index (Phi) is 3.65. The third kappa shape index (κ3) is 2.21. The van der Waals surface area contributed by atoms with Crippen molar-refractivity contribution in [2.45, 2.75) is 6.42 Å². The van der Waals surface area contributed by atoms with Crippen LogP contribution in [0.25, 0.3) is 0 Å². The van der Waals surface area contributed by atoms with Gasteiger partial charge in [0.1, 0.15) is 0 Å². The zero-order valence-electron chi connectivity index (χ0n) is 8.71. The highest BCUT2D eigenvalue weighted by atomic mass is 19.2. The highest BCUT2D eigenvalue weighted by molar-refractivity contribution is 5.72. The number of carboxylic acid groups (broad SMARTS) is 1. The van der Waals surface area contributed by atoms with Gasteiger partial charge in [0.25, 0.3) is 0 Å². The van der Waals surface area contributed by atoms with Crippen LogP contribution in [0.15, 0.2) is 6.07 Å². The largest absolute Gasteiger partial charge is 0.493 e. The summed E-state index contributed by atoms with van der Waals surface area (Å²) >= 11 is 0. The van der Waals surface area contributed by atoms with E-state index in [1.807, 2.05) is 0 Å². The van der Waals surface area contributed by atoms with Crippen LogP contribution in [0.4, 0.5) is 8.78 Å². The Morgan fingerprint density at radius 2 is 2.00 bits per heavy atom. The fourth-order valence-electron chi connectivity index (χ4n) is 1.32. The summed E-state index contributed by atoms with van der Waals surface area (Å²) in [5.74, 6) is -3.85. The summed E-state index contributed by atoms with van der Waals surface area (Å²) in [6.07, 6.45) is -0.677. The van der Waals surface area contributed by atoms with E-state index in [4.69, 9.17) is 14.6 Å². The van der Waals surface area contributed by atoms with Crippen molar-refractivity contribution in [1.29, 1.82) is 0 Å². The van der Waals surface area contributed by atoms with E-state index in [0.717, 1.165) is 6.07 Å². The summed E-state index contributed by atoms with van der Waals surface area (Å²) in [6, 6.07) is 0.805. The van der Waals surface area contributed by atoms with Gasteiger partial charge in [0.15, 0.2) is 23.1 Å². The van der Waals surface area contributed by atoms with Crippen molar-refractivity contribution in [1.82, 2.24) is 0 Å². The molecule has 0 aliphatic heterocycles. The molecule has 1 aromatic rings. The summed E-state index contributed by atoms with van der Waals surface area (Å²) in [7, 11) is 2.47. The van der Waals surface area contributed by atoms with Crippen molar-refractivity contribution < 1.29 is 28.2 Å². The second-order valence-electron chi connectivity index (χ2n) is 2.96. The number of aliphatic carboxylic acids is 1. The first-order valence-electron chi connectivity index (χ1n) is 4.31. The maximum absolute atomic E-state index is 13.4. The molecule has 0 unspecified atom stereocenters. The average Bonchev–Trinajstić information content (AvgIpc) is 2.23. The predicted octanol–water partition coefficient (Wildman–Crippen LogP) is 1.61. The molecule has 88 valence electrons. The summed E-state index contributed by atoms with van der Waals surface area (Å²) in [4.78, 5) is 10.5. The molecular formula is C10H10F2O4. The van der Waals surface area contributed by atoms with E-state index in [1.165, 1.54) is 14.2 Å². The molecule has 0 aliphatic rings. The predicted molar refractivity (Wildman–Crippen MR) is 50.8 cm³/mol. The average molecular weight is 232 g/mol. The van der Waals surface area contributed by atoms with Crippen molar-refractivity contribution in [3.8, 4) is 11.5 Å². The minimum Gasteiger partial charge on any atom is -0.493 e. The second kappa shape index (κ2) is 4.78. The van der Waals surface area contributed by atoms with Crippen LogP contribution in [-0.4, -0.2) is 25.3 Å². The van der Waals surface area contributed by atoms with Gasteiger partial charge in [-0.3, -0.25) is 4.79 Å². The molecule has 0 heterocycles. The van der Waals surface area contributed by atoms with E-state index in [2.05, 4.69) is 0 Å². The minimum atomic E-state index is -1.29. The standard InChI is InChI=1S/C10H10F2O4/c1-15-7-4-6(11)9(12)5(3-8(13)14)10(7)16-2/h4H,3H2,1-2H3,(H,13,14). The number of methoxy groups -OCH3 is 2. The number of ether oxygens (including phenoxy) is 2. The van der Waals surface area contributed by atoms with Gasteiger partial charge >= 0.3 is 5.97 Å². The zero-order chi connectivity index (χ0) is 12.3. The second-order valence-corrected chi connectivity index (χ2v) is 2.96. The molecule has 4 nitrogen and oxygen atoms in total. The maximum Gasteiger partial charge on any atom is 0.308 e. The molecule has 0 saturated carbocycles. The Balaban J connectivity index is 3.40. The van der Waals surface area contributed by atoms with Crippen LogP contribution in [0.1, 0.15) is 5.56 Å². The lowest BCUT2D eigenvalue weighted by Crippen LogP contribution is -2.07. The van der Waals surface area contributed by atoms with Gasteiger partial charge in [0, 0.05) is 11.6 Å². The molecule has 0 aliphatic carbocycles. The first-order chi connectivity index (χ1) is 7.51. The lowest BCUT2D eigenvalue weighted by atomic mass is 10.1. The molecule has 0 aromatic heterocycles. The van der Waals surface area contributed by atoms with Crippen LogP contribution in [0.5, 0.6) is 11.5 Å². The van der Waals surface area contributed by atoms with E-state index >= 15 is 0 Å². The normalized spacial score (nSPS) is 10.0. The van der Waals surface area contributed by atoms with Gasteiger partial charge in [-0.2, -0.15) is 0 Å². The first kappa shape index (κ1) is 12.2. The maximum atomic E-state index is 13.4. The number of hydrogen-bond acceptors (Lipinski definition) is 3. The molecular weight excluding hydrogens is 222 g/mol. The molecule has 0 radical (unpaired) electrons. The van der Waals surface area contributed by atoms with Crippen LogP contribution < -0.4 is 9.47 Å². The molecule has 1 aromatic carbocycles. The third-order valence-corrected chi connectivity index (χ3v) is 1.98. The lowest BCUT2D eigenvalue weighted by molar-refractivity contribution is -0.136. The number of hydrogen-bond donors (Lipinski definition) is 1. The van der Waals surface area contributed by atoms with Gasteiger partial charge in [-0.05, 0) is 0 Å². The van der Waals surface area contributed by atoms with Crippen molar-refractivity contribution in [3.63, 3.8) is 0 Å². The van der Waals surface area contributed by atoms with Crippen LogP contribution in [-0.2, 0) is 11.2 Å². The van der Waals surface area contributed by atoms with Gasteiger partial charge in [0.05, 0.1) is 20.6 Å². The monoisotopic (exact) mass is 232 g/mol. The summed E-state index contributed by atoms with van der Waals surface area (Å²) in [6.45, 7) is 0. The number of benzene rings is 1. The Morgan fingerprint density at radius 3 is 2.44 bits per heavy atom. The van der Waals surface area contributed by atoms with Crippen LogP contribution in [0, 0.1) is 11.6 Å². The van der Waals surface area contributed by atoms with Gasteiger partial charge in [-0.1, -0.05) is 0 Å². The van der Waals surface area contributed by atoms with Crippen LogP contribution in [0.3, 0.4) is 0 Å². The Bertz CT molecular complexity index is 418. The Morgan fingerprint density at radius 1 is 1.38 bits per heavy atom. The molecule has 0 amide bonds. The molecule has 0 spiro atoms. The number of carbonyl (C=O) groups is 1. The Labute approximate surface area is 90.4 Å². The third-order valence-electron chi connectivity index (χ3n) is 1.98. The summed E-state index contributed by atoms with van der Waals surface area (Å²) in [5, 5.41) is 8.58. The smallest absolute Gasteiger partial charge is 0.308 e. The van der Waals surface area contributed by atoms with Gasteiger partial charge < -0.3 is 14.6 Å². The van der Waals surface area contributed by atoms with Crippen molar-refractivity contribution in [3.05, 3.63) is 23.3 Å². The highest BCUT2D eigenvalue weighted by Gasteiger charge is 2.21. The zero-order valence-corrected chi connectivity index (χ0v) is 8.71. The van der Waals surface area contributed by atoms with Gasteiger partial charge in [0.2, 0.25) is 0 Å². The van der Waals surface area contributed by atoms with E-state index in [9.17, 15) is 13.6 Å². The SMILES string of the molecule is COc1cc(F)c(F)c(CC(=O)O)c1OC. The summed E-state index contributed by atoms with van der Waals surface area (Å²) < 4.78 is 36.0. The van der Waals surface area contributed by atoms with Crippen LogP contribution in [0.2, 0.25) is 0 Å². The number of carboxylic acids is 1. The summed E-state index contributed by atoms with van der Waals surface area (Å²) in [5.41, 5.74) is -0.369. The highest BCUT2D eigenvalue weighted by Crippen LogP contribution is 2.34. The number of halogens is 2. The van der Waals surface area contributed by atoms with E-state index in [-0.39, 0.29) is 17.1 Å². The molecule has 0 bridgehead atoms. The van der Waals surface area contributed by atoms with Crippen molar-refractivity contribution in [2.75, 3.05) is 14.2 Å². The molecule has 0 fully saturated rings. The van der Waals surface area contributed by atoms with E-state index < -0.39 is 24.0 Å². The fraction of sp³-hybridized carbons (Fsp3) is 0.300. The fourth-order valence-corrected chi connectivity index (χ4v) is 1.32. The lowest BCUT2D eigenvalue weighted by Gasteiger charge is -2.12. The molecule has 6 heteroatoms. The minimum absolute atomic E-state index is 0.0438. The van der Waals surface area contributed by atoms with E-state index in [0.29, 0.717) is 0 Å². The number of rotatable bonds is 4. The van der Waals surface area contributed by atoms with Crippen molar-refractivity contribution in [2.24, 2.45) is 0 Å². The molecule has 16 heavy (non-hydrogen) atoms. The van der Waals surface area contributed by atoms with Crippen molar-refractivity contribution >= 4 is 5.97 Å².